The van der Waals surface area contributed by atoms with Gasteiger partial charge in [-0.25, -0.2) is 4.79 Å². The van der Waals surface area contributed by atoms with Gasteiger partial charge >= 0.3 is 6.03 Å². The molecule has 6 heteroatoms. The third-order valence-corrected chi connectivity index (χ3v) is 0.846. The Kier molecular flexibility index (Phi) is 2.20. The van der Waals surface area contributed by atoms with Crippen LogP contribution in [0.4, 0.5) is 4.79 Å². The molecular weight excluding hydrogens is 138 g/mol. The van der Waals surface area contributed by atoms with Gasteiger partial charge in [-0.15, -0.1) is 0 Å². The first kappa shape index (κ1) is 8.70. The molecule has 10 heavy (non-hydrogen) atoms. The molecule has 0 fully saturated rings. The summed E-state index contributed by atoms with van der Waals surface area (Å²) < 4.78 is 0. The molecular formula is C4H9N3O3. The lowest BCUT2D eigenvalue weighted by Gasteiger charge is -2.18. The van der Waals surface area contributed by atoms with E-state index in [1.54, 1.807) is 5.32 Å². The van der Waals surface area contributed by atoms with Crippen LogP contribution in [0.3, 0.4) is 0 Å². The first-order valence-electron chi connectivity index (χ1n) is 2.46. The second-order valence-electron chi connectivity index (χ2n) is 1.93. The Morgan fingerprint density at radius 2 is 1.90 bits per heavy atom. The second-order valence-corrected chi connectivity index (χ2v) is 1.93. The lowest BCUT2D eigenvalue weighted by atomic mass is 10.2. The molecule has 0 rings (SSSR count). The number of amides is 3. The van der Waals surface area contributed by atoms with Gasteiger partial charge in [-0.2, -0.15) is 0 Å². The predicted octanol–water partition coefficient (Wildman–Crippen LogP) is -2.15. The van der Waals surface area contributed by atoms with Crippen LogP contribution in [0.5, 0.6) is 0 Å². The van der Waals surface area contributed by atoms with Crippen LogP contribution in [0.25, 0.3) is 0 Å². The summed E-state index contributed by atoms with van der Waals surface area (Å²) in [5, 5.41) is 10.6. The SMILES string of the molecule is CC(O)(NC(N)=O)C(N)=O. The Hall–Kier alpha value is -1.30. The maximum absolute atomic E-state index is 10.3. The second kappa shape index (κ2) is 2.53. The van der Waals surface area contributed by atoms with E-state index in [9.17, 15) is 9.59 Å². The van der Waals surface area contributed by atoms with E-state index in [0.29, 0.717) is 0 Å². The van der Waals surface area contributed by atoms with Crippen LogP contribution in [-0.4, -0.2) is 22.8 Å². The zero-order valence-electron chi connectivity index (χ0n) is 5.42. The van der Waals surface area contributed by atoms with Crippen molar-refractivity contribution in [2.24, 2.45) is 11.5 Å². The minimum Gasteiger partial charge on any atom is -0.365 e. The van der Waals surface area contributed by atoms with Gasteiger partial charge in [0.2, 0.25) is 5.72 Å². The van der Waals surface area contributed by atoms with Crippen LogP contribution >= 0.6 is 0 Å². The molecule has 0 aliphatic heterocycles. The summed E-state index contributed by atoms with van der Waals surface area (Å²) in [6, 6.07) is -1.01. The first-order valence-corrected chi connectivity index (χ1v) is 2.46. The molecule has 58 valence electrons. The number of aliphatic hydroxyl groups is 1. The summed E-state index contributed by atoms with van der Waals surface area (Å²) in [4.78, 5) is 20.3. The van der Waals surface area contributed by atoms with Crippen molar-refractivity contribution in [1.82, 2.24) is 5.32 Å². The normalized spacial score (nSPS) is 15.4. The van der Waals surface area contributed by atoms with Crippen molar-refractivity contribution in [1.29, 1.82) is 0 Å². The summed E-state index contributed by atoms with van der Waals surface area (Å²) in [5.41, 5.74) is 7.19. The highest BCUT2D eigenvalue weighted by atomic mass is 16.3. The molecule has 6 N–H and O–H groups in total. The van der Waals surface area contributed by atoms with Crippen LogP contribution in [0, 0.1) is 0 Å². The lowest BCUT2D eigenvalue weighted by Crippen LogP contribution is -2.56. The Morgan fingerprint density at radius 3 is 2.00 bits per heavy atom. The van der Waals surface area contributed by atoms with Gasteiger partial charge in [-0.1, -0.05) is 0 Å². The summed E-state index contributed by atoms with van der Waals surface area (Å²) >= 11 is 0. The van der Waals surface area contributed by atoms with Gasteiger partial charge in [-0.05, 0) is 6.92 Å². The predicted molar refractivity (Wildman–Crippen MR) is 32.5 cm³/mol. The molecule has 6 nitrogen and oxygen atoms in total. The Morgan fingerprint density at radius 1 is 1.50 bits per heavy atom. The van der Waals surface area contributed by atoms with E-state index in [4.69, 9.17) is 5.11 Å². The lowest BCUT2D eigenvalue weighted by molar-refractivity contribution is -0.136. The molecule has 0 spiro atoms. The fourth-order valence-electron chi connectivity index (χ4n) is 0.301. The number of carbonyl (C=O) groups excluding carboxylic acids is 2. The number of primary amides is 2. The van der Waals surface area contributed by atoms with Crippen LogP contribution in [0.15, 0.2) is 0 Å². The molecule has 0 saturated carbocycles. The van der Waals surface area contributed by atoms with E-state index < -0.39 is 17.7 Å². The molecule has 0 aromatic rings. The monoisotopic (exact) mass is 147 g/mol. The first-order chi connectivity index (χ1) is 4.36. The van der Waals surface area contributed by atoms with E-state index >= 15 is 0 Å². The van der Waals surface area contributed by atoms with Crippen LogP contribution in [0.1, 0.15) is 6.92 Å². The van der Waals surface area contributed by atoms with Crippen molar-refractivity contribution < 1.29 is 14.7 Å². The molecule has 0 heterocycles. The molecule has 0 radical (unpaired) electrons. The average molecular weight is 147 g/mol. The number of nitrogens with two attached hydrogens (primary N) is 2. The van der Waals surface area contributed by atoms with Crippen molar-refractivity contribution in [2.75, 3.05) is 0 Å². The molecule has 0 saturated heterocycles. The van der Waals surface area contributed by atoms with Gasteiger partial charge < -0.3 is 21.9 Å². The van der Waals surface area contributed by atoms with E-state index in [1.807, 2.05) is 0 Å². The molecule has 0 aliphatic carbocycles. The molecule has 0 bridgehead atoms. The van der Waals surface area contributed by atoms with Crippen LogP contribution < -0.4 is 16.8 Å². The van der Waals surface area contributed by atoms with E-state index in [2.05, 4.69) is 11.5 Å². The van der Waals surface area contributed by atoms with Crippen molar-refractivity contribution in [3.63, 3.8) is 0 Å². The van der Waals surface area contributed by atoms with Gasteiger partial charge in [0, 0.05) is 0 Å². The minimum absolute atomic E-state index is 1.01. The third kappa shape index (κ3) is 2.31. The Labute approximate surface area is 57.2 Å². The molecule has 1 atom stereocenters. The van der Waals surface area contributed by atoms with Gasteiger partial charge in [-0.3, -0.25) is 4.79 Å². The summed E-state index contributed by atoms with van der Waals surface area (Å²) in [7, 11) is 0. The van der Waals surface area contributed by atoms with Crippen molar-refractivity contribution in [3.8, 4) is 0 Å². The van der Waals surface area contributed by atoms with Crippen molar-refractivity contribution in [3.05, 3.63) is 0 Å². The highest BCUT2D eigenvalue weighted by molar-refractivity contribution is 5.87. The summed E-state index contributed by atoms with van der Waals surface area (Å²) in [5.74, 6) is -1.06. The molecule has 3 amide bonds. The zero-order valence-corrected chi connectivity index (χ0v) is 5.42. The Bertz CT molecular complexity index is 165. The molecule has 1 unspecified atom stereocenters. The van der Waals surface area contributed by atoms with E-state index in [1.165, 1.54) is 0 Å². The standard InChI is InChI=1S/C4H9N3O3/c1-4(10,2(5)8)7-3(6)9/h10H,1H3,(H2,5,8)(H3,6,7,9). The fraction of sp³-hybridized carbons (Fsp3) is 0.500. The number of hydrogen-bond donors (Lipinski definition) is 4. The number of hydrogen-bond acceptors (Lipinski definition) is 3. The van der Waals surface area contributed by atoms with Crippen molar-refractivity contribution >= 4 is 11.9 Å². The summed E-state index contributed by atoms with van der Waals surface area (Å²) in [6.45, 7) is 1.03. The minimum atomic E-state index is -2.06. The maximum Gasteiger partial charge on any atom is 0.314 e. The molecule has 0 aliphatic rings. The Balaban J connectivity index is 4.13. The highest BCUT2D eigenvalue weighted by Crippen LogP contribution is 1.93. The van der Waals surface area contributed by atoms with Gasteiger partial charge in [0.15, 0.2) is 0 Å². The maximum atomic E-state index is 10.3. The van der Waals surface area contributed by atoms with E-state index in [-0.39, 0.29) is 0 Å². The molecule has 0 aromatic carbocycles. The number of carbonyl (C=O) groups is 2. The zero-order chi connectivity index (χ0) is 8.36. The largest absolute Gasteiger partial charge is 0.365 e. The number of urea groups is 1. The third-order valence-electron chi connectivity index (χ3n) is 0.846. The van der Waals surface area contributed by atoms with Crippen molar-refractivity contribution in [2.45, 2.75) is 12.6 Å². The van der Waals surface area contributed by atoms with E-state index in [0.717, 1.165) is 6.92 Å². The number of rotatable bonds is 2. The van der Waals surface area contributed by atoms with Crippen LogP contribution in [0.2, 0.25) is 0 Å². The quantitative estimate of drug-likeness (QED) is 0.333. The van der Waals surface area contributed by atoms with Gasteiger partial charge in [0.1, 0.15) is 0 Å². The number of nitrogens with one attached hydrogen (secondary N) is 1. The topological polar surface area (TPSA) is 118 Å². The summed E-state index contributed by atoms with van der Waals surface area (Å²) in [6.07, 6.45) is 0. The van der Waals surface area contributed by atoms with Gasteiger partial charge in [0.25, 0.3) is 5.91 Å². The highest BCUT2D eigenvalue weighted by Gasteiger charge is 2.28. The smallest absolute Gasteiger partial charge is 0.314 e. The fourth-order valence-corrected chi connectivity index (χ4v) is 0.301. The molecule has 0 aromatic heterocycles. The average Bonchev–Trinajstić information content (AvgIpc) is 1.60. The van der Waals surface area contributed by atoms with Gasteiger partial charge in [0.05, 0.1) is 0 Å². The van der Waals surface area contributed by atoms with Crippen LogP contribution in [-0.2, 0) is 4.79 Å².